The van der Waals surface area contributed by atoms with E-state index in [1.165, 1.54) is 19.3 Å². The zero-order valence-corrected chi connectivity index (χ0v) is 11.0. The Morgan fingerprint density at radius 3 is 2.41 bits per heavy atom. The van der Waals surface area contributed by atoms with Crippen molar-refractivity contribution in [3.8, 4) is 0 Å². The Morgan fingerprint density at radius 2 is 1.94 bits per heavy atom. The maximum Gasteiger partial charge on any atom is 0.223 e. The number of nitrogens with one attached hydrogen (secondary N) is 1. The van der Waals surface area contributed by atoms with Gasteiger partial charge in [0.2, 0.25) is 5.91 Å². The fraction of sp³-hybridized carbons (Fsp3) is 0.929. The smallest absolute Gasteiger partial charge is 0.223 e. The Balaban J connectivity index is 1.69. The van der Waals surface area contributed by atoms with Crippen molar-refractivity contribution in [2.24, 2.45) is 23.0 Å². The molecule has 0 atom stereocenters. The highest BCUT2D eigenvalue weighted by Gasteiger charge is 2.33. The quantitative estimate of drug-likeness (QED) is 0.787. The molecule has 3 heteroatoms. The van der Waals surface area contributed by atoms with Gasteiger partial charge in [0, 0.05) is 12.5 Å². The second-order valence-corrected chi connectivity index (χ2v) is 6.34. The molecular weight excluding hydrogens is 212 g/mol. The van der Waals surface area contributed by atoms with Gasteiger partial charge in [0.05, 0.1) is 0 Å². The van der Waals surface area contributed by atoms with E-state index in [1.54, 1.807) is 0 Å². The van der Waals surface area contributed by atoms with E-state index in [1.807, 2.05) is 0 Å². The Morgan fingerprint density at radius 1 is 1.29 bits per heavy atom. The lowest BCUT2D eigenvalue weighted by atomic mass is 9.70. The highest BCUT2D eigenvalue weighted by atomic mass is 16.1. The summed E-state index contributed by atoms with van der Waals surface area (Å²) in [6, 6.07) is 0. The van der Waals surface area contributed by atoms with E-state index in [0.717, 1.165) is 38.8 Å². The zero-order chi connectivity index (χ0) is 12.3. The van der Waals surface area contributed by atoms with Gasteiger partial charge in [-0.05, 0) is 56.4 Å². The van der Waals surface area contributed by atoms with Gasteiger partial charge in [-0.3, -0.25) is 4.79 Å². The first-order valence-electron chi connectivity index (χ1n) is 7.11. The van der Waals surface area contributed by atoms with Crippen LogP contribution in [0.4, 0.5) is 0 Å². The summed E-state index contributed by atoms with van der Waals surface area (Å²) in [4.78, 5) is 12.0. The lowest BCUT2D eigenvalue weighted by Gasteiger charge is -2.39. The molecule has 0 aromatic heterocycles. The van der Waals surface area contributed by atoms with Gasteiger partial charge in [-0.2, -0.15) is 0 Å². The molecule has 0 aromatic rings. The molecule has 0 heterocycles. The molecule has 2 rings (SSSR count). The Labute approximate surface area is 105 Å². The number of amides is 1. The van der Waals surface area contributed by atoms with E-state index < -0.39 is 0 Å². The molecule has 0 aliphatic heterocycles. The van der Waals surface area contributed by atoms with E-state index in [9.17, 15) is 4.79 Å². The number of hydrogen-bond donors (Lipinski definition) is 2. The molecule has 3 nitrogen and oxygen atoms in total. The summed E-state index contributed by atoms with van der Waals surface area (Å²) in [6.07, 6.45) is 8.20. The van der Waals surface area contributed by atoms with Crippen molar-refractivity contribution in [3.05, 3.63) is 0 Å². The maximum atomic E-state index is 12.0. The van der Waals surface area contributed by atoms with E-state index in [2.05, 4.69) is 12.2 Å². The Bertz CT molecular complexity index is 265. The van der Waals surface area contributed by atoms with Crippen molar-refractivity contribution in [2.75, 3.05) is 13.1 Å². The molecule has 3 N–H and O–H groups in total. The number of carbonyl (C=O) groups is 1. The summed E-state index contributed by atoms with van der Waals surface area (Å²) in [5.41, 5.74) is 6.06. The Kier molecular flexibility index (Phi) is 4.08. The van der Waals surface area contributed by atoms with Crippen LogP contribution in [0, 0.1) is 17.3 Å². The normalized spacial score (nSPS) is 31.6. The van der Waals surface area contributed by atoms with E-state index in [4.69, 9.17) is 5.73 Å². The van der Waals surface area contributed by atoms with Gasteiger partial charge in [-0.15, -0.1) is 0 Å². The van der Waals surface area contributed by atoms with Gasteiger partial charge in [0.15, 0.2) is 0 Å². The van der Waals surface area contributed by atoms with Crippen LogP contribution in [0.15, 0.2) is 0 Å². The van der Waals surface area contributed by atoms with Crippen molar-refractivity contribution in [1.29, 1.82) is 0 Å². The van der Waals surface area contributed by atoms with Crippen LogP contribution in [0.2, 0.25) is 0 Å². The predicted octanol–water partition coefficient (Wildman–Crippen LogP) is 2.06. The molecule has 0 bridgehead atoms. The molecule has 0 aromatic carbocycles. The molecule has 0 unspecified atom stereocenters. The summed E-state index contributed by atoms with van der Waals surface area (Å²) >= 11 is 0. The minimum Gasteiger partial charge on any atom is -0.355 e. The van der Waals surface area contributed by atoms with Gasteiger partial charge < -0.3 is 11.1 Å². The van der Waals surface area contributed by atoms with Crippen molar-refractivity contribution in [2.45, 2.75) is 51.9 Å². The van der Waals surface area contributed by atoms with Crippen LogP contribution in [0.3, 0.4) is 0 Å². The van der Waals surface area contributed by atoms with Crippen LogP contribution in [0.1, 0.15) is 51.9 Å². The maximum absolute atomic E-state index is 12.0. The SMILES string of the molecule is CC1(CNC(=O)C2CCC(CN)CC2)CCC1. The van der Waals surface area contributed by atoms with Gasteiger partial charge in [-0.1, -0.05) is 13.3 Å². The lowest BCUT2D eigenvalue weighted by molar-refractivity contribution is -0.127. The van der Waals surface area contributed by atoms with Crippen LogP contribution >= 0.6 is 0 Å². The zero-order valence-electron chi connectivity index (χ0n) is 11.0. The van der Waals surface area contributed by atoms with Crippen LogP contribution in [-0.2, 0) is 4.79 Å². The van der Waals surface area contributed by atoms with Crippen LogP contribution in [0.5, 0.6) is 0 Å². The molecule has 17 heavy (non-hydrogen) atoms. The number of carbonyl (C=O) groups excluding carboxylic acids is 1. The largest absolute Gasteiger partial charge is 0.355 e. The molecular formula is C14H26N2O. The standard InChI is InChI=1S/C14H26N2O/c1-14(7-2-8-14)10-16-13(17)12-5-3-11(9-15)4-6-12/h11-12H,2-10,15H2,1H3,(H,16,17). The molecule has 0 saturated heterocycles. The molecule has 2 saturated carbocycles. The highest BCUT2D eigenvalue weighted by molar-refractivity contribution is 5.78. The van der Waals surface area contributed by atoms with Crippen LogP contribution in [0.25, 0.3) is 0 Å². The minimum absolute atomic E-state index is 0.251. The van der Waals surface area contributed by atoms with E-state index >= 15 is 0 Å². The highest BCUT2D eigenvalue weighted by Crippen LogP contribution is 2.39. The molecule has 98 valence electrons. The molecule has 0 spiro atoms. The van der Waals surface area contributed by atoms with Crippen molar-refractivity contribution in [1.82, 2.24) is 5.32 Å². The summed E-state index contributed by atoms with van der Waals surface area (Å²) in [5, 5.41) is 3.16. The van der Waals surface area contributed by atoms with Gasteiger partial charge >= 0.3 is 0 Å². The summed E-state index contributed by atoms with van der Waals surface area (Å²) in [7, 11) is 0. The number of hydrogen-bond acceptors (Lipinski definition) is 2. The monoisotopic (exact) mass is 238 g/mol. The second kappa shape index (κ2) is 5.38. The Hall–Kier alpha value is -0.570. The average molecular weight is 238 g/mol. The first-order valence-corrected chi connectivity index (χ1v) is 7.11. The molecule has 2 fully saturated rings. The van der Waals surface area contributed by atoms with Crippen LogP contribution in [-0.4, -0.2) is 19.0 Å². The van der Waals surface area contributed by atoms with Crippen molar-refractivity contribution >= 4 is 5.91 Å². The molecule has 0 radical (unpaired) electrons. The number of nitrogens with two attached hydrogens (primary N) is 1. The first-order chi connectivity index (χ1) is 8.13. The first kappa shape index (κ1) is 12.9. The average Bonchev–Trinajstić information content (AvgIpc) is 2.33. The van der Waals surface area contributed by atoms with E-state index in [-0.39, 0.29) is 11.8 Å². The predicted molar refractivity (Wildman–Crippen MR) is 69.5 cm³/mol. The fourth-order valence-corrected chi connectivity index (χ4v) is 3.06. The van der Waals surface area contributed by atoms with E-state index in [0.29, 0.717) is 11.3 Å². The molecule has 2 aliphatic rings. The second-order valence-electron chi connectivity index (χ2n) is 6.34. The third kappa shape index (κ3) is 3.21. The van der Waals surface area contributed by atoms with Crippen LogP contribution < -0.4 is 11.1 Å². The summed E-state index contributed by atoms with van der Waals surface area (Å²) in [5.74, 6) is 1.19. The lowest BCUT2D eigenvalue weighted by Crippen LogP contribution is -2.43. The van der Waals surface area contributed by atoms with Crippen molar-refractivity contribution in [3.63, 3.8) is 0 Å². The van der Waals surface area contributed by atoms with Gasteiger partial charge in [0.25, 0.3) is 0 Å². The molecule has 1 amide bonds. The van der Waals surface area contributed by atoms with Gasteiger partial charge in [-0.25, -0.2) is 0 Å². The fourth-order valence-electron chi connectivity index (χ4n) is 3.06. The summed E-state index contributed by atoms with van der Waals surface area (Å²) < 4.78 is 0. The number of rotatable bonds is 4. The van der Waals surface area contributed by atoms with Gasteiger partial charge in [0.1, 0.15) is 0 Å². The topological polar surface area (TPSA) is 55.1 Å². The van der Waals surface area contributed by atoms with Crippen molar-refractivity contribution < 1.29 is 4.79 Å². The third-order valence-corrected chi connectivity index (χ3v) is 4.80. The minimum atomic E-state index is 0.251. The molecule has 2 aliphatic carbocycles. The third-order valence-electron chi connectivity index (χ3n) is 4.80. The summed E-state index contributed by atoms with van der Waals surface area (Å²) in [6.45, 7) is 3.94.